The topological polar surface area (TPSA) is 144 Å². The number of aliphatic hydroxyl groups excluding tert-OH is 2. The monoisotopic (exact) mass is 442 g/mol. The van der Waals surface area contributed by atoms with E-state index in [1.54, 1.807) is 37.4 Å². The van der Waals surface area contributed by atoms with Crippen LogP contribution >= 0.6 is 0 Å². The van der Waals surface area contributed by atoms with E-state index in [4.69, 9.17) is 13.9 Å². The molecule has 1 aromatic heterocycles. The number of furan rings is 1. The average molecular weight is 442 g/mol. The van der Waals surface area contributed by atoms with Crippen molar-refractivity contribution in [1.82, 2.24) is 5.32 Å². The zero-order valence-corrected chi connectivity index (χ0v) is 17.1. The summed E-state index contributed by atoms with van der Waals surface area (Å²) >= 11 is 0. The number of nitro groups is 1. The number of nitro benzene ring substituents is 1. The van der Waals surface area contributed by atoms with E-state index in [2.05, 4.69) is 5.32 Å². The molecular weight excluding hydrogens is 420 g/mol. The first-order chi connectivity index (χ1) is 15.4. The fourth-order valence-electron chi connectivity index (χ4n) is 2.91. The van der Waals surface area contributed by atoms with E-state index >= 15 is 0 Å². The molecule has 0 bridgehead atoms. The summed E-state index contributed by atoms with van der Waals surface area (Å²) in [4.78, 5) is 22.7. The van der Waals surface area contributed by atoms with Crippen LogP contribution < -0.4 is 14.8 Å². The Balaban J connectivity index is 1.60. The Labute approximate surface area is 183 Å². The zero-order valence-electron chi connectivity index (χ0n) is 17.1. The molecule has 2 aromatic carbocycles. The van der Waals surface area contributed by atoms with Crippen molar-refractivity contribution in [2.45, 2.75) is 18.8 Å². The van der Waals surface area contributed by atoms with Gasteiger partial charge in [-0.15, -0.1) is 0 Å². The molecule has 1 amide bonds. The van der Waals surface area contributed by atoms with Gasteiger partial charge >= 0.3 is 0 Å². The molecule has 10 heteroatoms. The lowest BCUT2D eigenvalue weighted by Crippen LogP contribution is -2.41. The van der Waals surface area contributed by atoms with E-state index in [1.807, 2.05) is 0 Å². The summed E-state index contributed by atoms with van der Waals surface area (Å²) < 4.78 is 16.2. The number of hydrogen-bond donors (Lipinski definition) is 3. The summed E-state index contributed by atoms with van der Waals surface area (Å²) in [5.74, 6) is 0.942. The lowest BCUT2D eigenvalue weighted by Gasteiger charge is -2.22. The van der Waals surface area contributed by atoms with Crippen molar-refractivity contribution in [3.63, 3.8) is 0 Å². The Hall–Kier alpha value is -3.89. The van der Waals surface area contributed by atoms with Crippen LogP contribution in [0, 0.1) is 10.1 Å². The third-order valence-corrected chi connectivity index (χ3v) is 4.65. The van der Waals surface area contributed by atoms with Gasteiger partial charge in [0.1, 0.15) is 30.0 Å². The maximum atomic E-state index is 12.5. The van der Waals surface area contributed by atoms with Crippen molar-refractivity contribution in [2.24, 2.45) is 0 Å². The van der Waals surface area contributed by atoms with E-state index < -0.39 is 29.6 Å². The van der Waals surface area contributed by atoms with Crippen LogP contribution in [0.25, 0.3) is 0 Å². The molecule has 3 rings (SSSR count). The van der Waals surface area contributed by atoms with Gasteiger partial charge in [-0.1, -0.05) is 6.07 Å². The van der Waals surface area contributed by atoms with Crippen LogP contribution in [0.1, 0.15) is 28.0 Å². The minimum Gasteiger partial charge on any atom is -0.497 e. The Morgan fingerprint density at radius 1 is 1.16 bits per heavy atom. The van der Waals surface area contributed by atoms with Crippen molar-refractivity contribution in [3.8, 4) is 11.5 Å². The Morgan fingerprint density at radius 3 is 2.53 bits per heavy atom. The second-order valence-electron chi connectivity index (χ2n) is 6.79. The standard InChI is InChI=1S/C22H22N2O8/c1-30-16-3-2-4-17(11-16)31-13-18-9-10-20(32-18)22(27)23-19(12-25)21(26)14-5-7-15(8-6-14)24(28)29/h2-11,19,21,25-26H,12-13H2,1H3,(H,23,27). The van der Waals surface area contributed by atoms with Gasteiger partial charge in [-0.3, -0.25) is 14.9 Å². The van der Waals surface area contributed by atoms with Crippen molar-refractivity contribution in [2.75, 3.05) is 13.7 Å². The second-order valence-corrected chi connectivity index (χ2v) is 6.79. The molecule has 0 saturated carbocycles. The zero-order chi connectivity index (χ0) is 23.1. The highest BCUT2D eigenvalue weighted by Gasteiger charge is 2.24. The van der Waals surface area contributed by atoms with Crippen molar-refractivity contribution in [3.05, 3.63) is 87.9 Å². The number of hydrogen-bond acceptors (Lipinski definition) is 8. The molecule has 1 heterocycles. The molecule has 168 valence electrons. The number of ether oxygens (including phenoxy) is 2. The molecule has 2 unspecified atom stereocenters. The predicted molar refractivity (Wildman–Crippen MR) is 112 cm³/mol. The van der Waals surface area contributed by atoms with Gasteiger partial charge in [0.2, 0.25) is 0 Å². The maximum absolute atomic E-state index is 12.5. The van der Waals surface area contributed by atoms with E-state index in [1.165, 1.54) is 30.3 Å². The largest absolute Gasteiger partial charge is 0.497 e. The van der Waals surface area contributed by atoms with Gasteiger partial charge < -0.3 is 29.4 Å². The fraction of sp³-hybridized carbons (Fsp3) is 0.227. The molecule has 0 saturated heterocycles. The minimum absolute atomic E-state index is 0.0245. The fourth-order valence-corrected chi connectivity index (χ4v) is 2.91. The molecule has 0 aliphatic carbocycles. The number of nitrogens with one attached hydrogen (secondary N) is 1. The molecule has 0 aliphatic heterocycles. The molecule has 2 atom stereocenters. The first-order valence-corrected chi connectivity index (χ1v) is 9.61. The van der Waals surface area contributed by atoms with Gasteiger partial charge in [0.05, 0.1) is 24.7 Å². The van der Waals surface area contributed by atoms with Crippen molar-refractivity contribution < 1.29 is 33.8 Å². The third kappa shape index (κ3) is 5.62. The number of methoxy groups -OCH3 is 1. The molecule has 0 radical (unpaired) electrons. The van der Waals surface area contributed by atoms with Crippen molar-refractivity contribution in [1.29, 1.82) is 0 Å². The highest BCUT2D eigenvalue weighted by atomic mass is 16.6. The van der Waals surface area contributed by atoms with Gasteiger partial charge in [0.25, 0.3) is 11.6 Å². The second kappa shape index (κ2) is 10.4. The Kier molecular flexibility index (Phi) is 7.42. The molecule has 0 aliphatic rings. The summed E-state index contributed by atoms with van der Waals surface area (Å²) in [6, 6.07) is 14.2. The average Bonchev–Trinajstić information content (AvgIpc) is 3.30. The van der Waals surface area contributed by atoms with Gasteiger partial charge in [0.15, 0.2) is 5.76 Å². The van der Waals surface area contributed by atoms with Crippen LogP contribution in [-0.2, 0) is 6.61 Å². The number of benzene rings is 2. The third-order valence-electron chi connectivity index (χ3n) is 4.65. The molecule has 3 N–H and O–H groups in total. The van der Waals surface area contributed by atoms with Gasteiger partial charge in [-0.2, -0.15) is 0 Å². The summed E-state index contributed by atoms with van der Waals surface area (Å²) in [5, 5.41) is 33.3. The van der Waals surface area contributed by atoms with Crippen LogP contribution in [0.4, 0.5) is 5.69 Å². The molecule has 10 nitrogen and oxygen atoms in total. The van der Waals surface area contributed by atoms with Crippen LogP contribution in [0.2, 0.25) is 0 Å². The van der Waals surface area contributed by atoms with Gasteiger partial charge in [-0.25, -0.2) is 0 Å². The normalized spacial score (nSPS) is 12.6. The summed E-state index contributed by atoms with van der Waals surface area (Å²) in [6.07, 6.45) is -1.28. The van der Waals surface area contributed by atoms with Crippen LogP contribution in [0.5, 0.6) is 11.5 Å². The van der Waals surface area contributed by atoms with Crippen LogP contribution in [0.3, 0.4) is 0 Å². The van der Waals surface area contributed by atoms with Gasteiger partial charge in [0, 0.05) is 18.2 Å². The van der Waals surface area contributed by atoms with Crippen LogP contribution in [0.15, 0.2) is 65.1 Å². The molecule has 0 fully saturated rings. The number of carbonyl (C=O) groups is 1. The minimum atomic E-state index is -1.28. The van der Waals surface area contributed by atoms with E-state index in [9.17, 15) is 25.1 Å². The predicted octanol–water partition coefficient (Wildman–Crippen LogP) is 2.60. The van der Waals surface area contributed by atoms with Gasteiger partial charge in [-0.05, 0) is 42.0 Å². The Morgan fingerprint density at radius 2 is 1.88 bits per heavy atom. The number of aliphatic hydroxyl groups is 2. The lowest BCUT2D eigenvalue weighted by molar-refractivity contribution is -0.384. The molecular formula is C22H22N2O8. The number of rotatable bonds is 10. The molecule has 3 aromatic rings. The number of nitrogens with zero attached hydrogens (tertiary/aromatic N) is 1. The quantitative estimate of drug-likeness (QED) is 0.321. The molecule has 0 spiro atoms. The summed E-state index contributed by atoms with van der Waals surface area (Å²) in [5.41, 5.74) is 0.173. The first kappa shape index (κ1) is 22.8. The Bertz CT molecular complexity index is 1060. The SMILES string of the molecule is COc1cccc(OCc2ccc(C(=O)NC(CO)C(O)c3ccc([N+](=O)[O-])cc3)o2)c1. The van der Waals surface area contributed by atoms with Crippen molar-refractivity contribution >= 4 is 11.6 Å². The lowest BCUT2D eigenvalue weighted by atomic mass is 10.0. The van der Waals surface area contributed by atoms with E-state index in [0.717, 1.165) is 0 Å². The summed E-state index contributed by atoms with van der Waals surface area (Å²) in [6.45, 7) is -0.480. The first-order valence-electron chi connectivity index (χ1n) is 9.61. The number of amides is 1. The maximum Gasteiger partial charge on any atom is 0.287 e. The van der Waals surface area contributed by atoms with Crippen LogP contribution in [-0.4, -0.2) is 40.8 Å². The summed E-state index contributed by atoms with van der Waals surface area (Å²) in [7, 11) is 1.55. The van der Waals surface area contributed by atoms with E-state index in [0.29, 0.717) is 22.8 Å². The molecule has 32 heavy (non-hydrogen) atoms. The highest BCUT2D eigenvalue weighted by Crippen LogP contribution is 2.22. The number of carbonyl (C=O) groups excluding carboxylic acids is 1. The number of non-ortho nitro benzene ring substituents is 1. The van der Waals surface area contributed by atoms with E-state index in [-0.39, 0.29) is 18.1 Å². The smallest absolute Gasteiger partial charge is 0.287 e. The highest BCUT2D eigenvalue weighted by molar-refractivity contribution is 5.91.